The van der Waals surface area contributed by atoms with Gasteiger partial charge in [0.05, 0.1) is 25.4 Å². The lowest BCUT2D eigenvalue weighted by Crippen LogP contribution is -2.60. The molecule has 0 spiro atoms. The summed E-state index contributed by atoms with van der Waals surface area (Å²) in [6.45, 7) is 3.64. The maximum Gasteiger partial charge on any atom is 0.220 e. The van der Waals surface area contributed by atoms with E-state index in [0.29, 0.717) is 6.42 Å². The van der Waals surface area contributed by atoms with E-state index in [9.17, 15) is 30.3 Å². The predicted octanol–water partition coefficient (Wildman–Crippen LogP) is 12.8. The smallest absolute Gasteiger partial charge is 0.220 e. The van der Waals surface area contributed by atoms with Gasteiger partial charge in [0.1, 0.15) is 24.4 Å². The van der Waals surface area contributed by atoms with Crippen LogP contribution < -0.4 is 5.32 Å². The number of ether oxygens (including phenoxy) is 2. The summed E-state index contributed by atoms with van der Waals surface area (Å²) in [6, 6.07) is -0.813. The van der Waals surface area contributed by atoms with E-state index in [4.69, 9.17) is 9.47 Å². The second kappa shape index (κ2) is 46.8. The van der Waals surface area contributed by atoms with Crippen molar-refractivity contribution < 1.29 is 39.8 Å². The summed E-state index contributed by atoms with van der Waals surface area (Å²) in [6.07, 6.45) is 60.3. The molecule has 0 aliphatic carbocycles. The predicted molar refractivity (Wildman–Crippen MR) is 281 cm³/mol. The van der Waals surface area contributed by atoms with E-state index < -0.39 is 49.5 Å². The van der Waals surface area contributed by atoms with Crippen LogP contribution in [0.3, 0.4) is 0 Å². The molecule has 6 N–H and O–H groups in total. The minimum Gasteiger partial charge on any atom is -0.394 e. The van der Waals surface area contributed by atoms with Gasteiger partial charge in [-0.3, -0.25) is 4.79 Å². The van der Waals surface area contributed by atoms with Crippen LogP contribution in [0.15, 0.2) is 97.2 Å². The van der Waals surface area contributed by atoms with Gasteiger partial charge in [-0.05, 0) is 77.0 Å². The monoisotopic (exact) mass is 938 g/mol. The van der Waals surface area contributed by atoms with Gasteiger partial charge in [-0.1, -0.05) is 220 Å². The minimum atomic E-state index is -1.57. The first-order chi connectivity index (χ1) is 32.8. The SMILES string of the molecule is CC/C=C\C/C=C\C/C=C\C/C=C\C/C=C\C/C=C\C/C=C\CCCCCCCCCCCC(=O)NC(COC1OC(CO)C(O)C(O)C1O)C(O)/C=C/CCCCCCCCCCCCC. The number of unbranched alkanes of at least 4 members (excludes halogenated alkanes) is 20. The molecule has 0 aromatic rings. The van der Waals surface area contributed by atoms with Crippen LogP contribution in [0.1, 0.15) is 206 Å². The fraction of sp³-hybridized carbons (Fsp3) is 0.707. The topological polar surface area (TPSA) is 149 Å². The van der Waals surface area contributed by atoms with Crippen molar-refractivity contribution >= 4 is 5.91 Å². The Balaban J connectivity index is 2.22. The lowest BCUT2D eigenvalue weighted by molar-refractivity contribution is -0.302. The van der Waals surface area contributed by atoms with Crippen molar-refractivity contribution in [1.29, 1.82) is 0 Å². The van der Waals surface area contributed by atoms with Crippen molar-refractivity contribution in [2.45, 2.75) is 249 Å². The molecule has 1 aliphatic rings. The second-order valence-electron chi connectivity index (χ2n) is 18.3. The van der Waals surface area contributed by atoms with Gasteiger partial charge in [0.15, 0.2) is 6.29 Å². The fourth-order valence-corrected chi connectivity index (χ4v) is 7.90. The van der Waals surface area contributed by atoms with Crippen molar-refractivity contribution in [2.75, 3.05) is 13.2 Å². The number of allylic oxidation sites excluding steroid dienone is 15. The molecule has 1 aliphatic heterocycles. The van der Waals surface area contributed by atoms with Crippen molar-refractivity contribution in [1.82, 2.24) is 5.32 Å². The standard InChI is InChI=1S/C58H99NO8/c1-3-5-7-9-11-13-15-17-18-19-20-21-22-23-24-25-26-27-28-29-30-31-32-33-34-36-38-40-42-44-46-48-54(62)59-51(50-66-58-57(65)56(64)55(63)53(49-60)67-58)52(61)47-45-43-41-39-37-35-16-14-12-10-8-6-4-2/h5,7,11,13,17-18,20-21,23-24,26-27,29-30,45,47,51-53,55-58,60-61,63-65H,3-4,6,8-10,12,14-16,19,22,25,28,31-44,46,48-50H2,1-2H3,(H,59,62)/b7-5-,13-11-,18-17-,21-20-,24-23-,27-26-,30-29-,47-45+. The van der Waals surface area contributed by atoms with Crippen molar-refractivity contribution in [3.05, 3.63) is 97.2 Å². The Labute approximate surface area is 409 Å². The summed E-state index contributed by atoms with van der Waals surface area (Å²) in [5.74, 6) is -0.188. The Bertz CT molecular complexity index is 1370. The maximum absolute atomic E-state index is 13.0. The number of aliphatic hydroxyl groups excluding tert-OH is 5. The zero-order valence-electron chi connectivity index (χ0n) is 42.4. The van der Waals surface area contributed by atoms with E-state index in [1.807, 2.05) is 6.08 Å². The Morgan fingerprint density at radius 1 is 0.522 bits per heavy atom. The van der Waals surface area contributed by atoms with Crippen molar-refractivity contribution in [2.24, 2.45) is 0 Å². The molecule has 0 aromatic heterocycles. The van der Waals surface area contributed by atoms with Crippen molar-refractivity contribution in [3.8, 4) is 0 Å². The van der Waals surface area contributed by atoms with E-state index in [1.165, 1.54) is 89.9 Å². The Morgan fingerprint density at radius 3 is 1.37 bits per heavy atom. The van der Waals surface area contributed by atoms with Gasteiger partial charge in [0.2, 0.25) is 5.91 Å². The van der Waals surface area contributed by atoms with E-state index in [1.54, 1.807) is 6.08 Å². The molecule has 7 unspecified atom stereocenters. The van der Waals surface area contributed by atoms with Gasteiger partial charge < -0.3 is 40.3 Å². The normalized spacial score (nSPS) is 20.5. The average Bonchev–Trinajstić information content (AvgIpc) is 3.33. The molecular formula is C58H99NO8. The number of amides is 1. The molecule has 0 radical (unpaired) electrons. The summed E-state index contributed by atoms with van der Waals surface area (Å²) < 4.78 is 11.2. The third-order valence-electron chi connectivity index (χ3n) is 12.2. The third-order valence-corrected chi connectivity index (χ3v) is 12.2. The fourth-order valence-electron chi connectivity index (χ4n) is 7.90. The molecule has 0 bridgehead atoms. The Morgan fingerprint density at radius 2 is 0.925 bits per heavy atom. The highest BCUT2D eigenvalue weighted by atomic mass is 16.7. The van der Waals surface area contributed by atoms with Gasteiger partial charge in [0.25, 0.3) is 0 Å². The van der Waals surface area contributed by atoms with E-state index in [-0.39, 0.29) is 12.5 Å². The van der Waals surface area contributed by atoms with Crippen LogP contribution in [0, 0.1) is 0 Å². The van der Waals surface area contributed by atoms with Crippen molar-refractivity contribution in [3.63, 3.8) is 0 Å². The van der Waals surface area contributed by atoms with Gasteiger partial charge in [0, 0.05) is 6.42 Å². The highest BCUT2D eigenvalue weighted by Gasteiger charge is 2.44. The Hall–Kier alpha value is -2.89. The zero-order valence-corrected chi connectivity index (χ0v) is 42.4. The number of carbonyl (C=O) groups excluding carboxylic acids is 1. The number of rotatable bonds is 44. The van der Waals surface area contributed by atoms with Crippen LogP contribution in [0.25, 0.3) is 0 Å². The van der Waals surface area contributed by atoms with E-state index in [2.05, 4.69) is 104 Å². The summed E-state index contributed by atoms with van der Waals surface area (Å²) in [7, 11) is 0. The van der Waals surface area contributed by atoms with Crippen LogP contribution >= 0.6 is 0 Å². The average molecular weight is 938 g/mol. The molecule has 9 nitrogen and oxygen atoms in total. The molecule has 7 atom stereocenters. The highest BCUT2D eigenvalue weighted by Crippen LogP contribution is 2.23. The summed E-state index contributed by atoms with van der Waals surface area (Å²) >= 11 is 0. The number of hydrogen-bond donors (Lipinski definition) is 6. The maximum atomic E-state index is 13.0. The van der Waals surface area contributed by atoms with Crippen LogP contribution in [0.4, 0.5) is 0 Å². The van der Waals surface area contributed by atoms with E-state index in [0.717, 1.165) is 96.3 Å². The number of carbonyl (C=O) groups is 1. The van der Waals surface area contributed by atoms with Gasteiger partial charge in [-0.25, -0.2) is 0 Å². The molecule has 0 aromatic carbocycles. The van der Waals surface area contributed by atoms with Crippen LogP contribution in [0.2, 0.25) is 0 Å². The molecule has 384 valence electrons. The number of hydrogen-bond acceptors (Lipinski definition) is 8. The molecule has 1 rings (SSSR count). The van der Waals surface area contributed by atoms with Crippen LogP contribution in [-0.2, 0) is 14.3 Å². The molecule has 1 heterocycles. The number of aliphatic hydroxyl groups is 5. The third kappa shape index (κ3) is 36.7. The molecule has 0 saturated carbocycles. The molecule has 1 amide bonds. The summed E-state index contributed by atoms with van der Waals surface area (Å²) in [5, 5.41) is 54.3. The number of nitrogens with one attached hydrogen (secondary N) is 1. The quantitative estimate of drug-likeness (QED) is 0.0261. The summed E-state index contributed by atoms with van der Waals surface area (Å²) in [4.78, 5) is 13.0. The molecule has 1 saturated heterocycles. The Kier molecular flexibility index (Phi) is 43.4. The first-order valence-corrected chi connectivity index (χ1v) is 27.0. The molecule has 1 fully saturated rings. The van der Waals surface area contributed by atoms with Gasteiger partial charge in [-0.2, -0.15) is 0 Å². The molecule has 9 heteroatoms. The largest absolute Gasteiger partial charge is 0.394 e. The molecular weight excluding hydrogens is 839 g/mol. The van der Waals surface area contributed by atoms with Gasteiger partial charge >= 0.3 is 0 Å². The minimum absolute atomic E-state index is 0.188. The van der Waals surface area contributed by atoms with Gasteiger partial charge in [-0.15, -0.1) is 0 Å². The second-order valence-corrected chi connectivity index (χ2v) is 18.3. The lowest BCUT2D eigenvalue weighted by atomic mass is 9.99. The van der Waals surface area contributed by atoms with Crippen LogP contribution in [-0.4, -0.2) is 87.5 Å². The lowest BCUT2D eigenvalue weighted by Gasteiger charge is -2.40. The van der Waals surface area contributed by atoms with E-state index >= 15 is 0 Å². The summed E-state index contributed by atoms with van der Waals surface area (Å²) in [5.41, 5.74) is 0. The van der Waals surface area contributed by atoms with Crippen LogP contribution in [0.5, 0.6) is 0 Å². The zero-order chi connectivity index (χ0) is 48.7. The molecule has 67 heavy (non-hydrogen) atoms. The first kappa shape index (κ1) is 62.1. The first-order valence-electron chi connectivity index (χ1n) is 27.0. The highest BCUT2D eigenvalue weighted by molar-refractivity contribution is 5.76.